The molecule has 0 radical (unpaired) electrons. The van der Waals surface area contributed by atoms with E-state index in [2.05, 4.69) is 9.62 Å². The molecule has 0 amide bonds. The number of nitrogens with one attached hydrogen (secondary N) is 1. The smallest absolute Gasteiger partial charge is 0.240 e. The van der Waals surface area contributed by atoms with Crippen LogP contribution in [0.5, 0.6) is 5.75 Å². The zero-order valence-corrected chi connectivity index (χ0v) is 16.1. The van der Waals surface area contributed by atoms with Gasteiger partial charge in [-0.05, 0) is 62.7 Å². The summed E-state index contributed by atoms with van der Waals surface area (Å²) >= 11 is 0. The summed E-state index contributed by atoms with van der Waals surface area (Å²) in [7, 11) is -1.89. The second-order valence-electron chi connectivity index (χ2n) is 6.70. The second kappa shape index (κ2) is 8.20. The molecule has 0 spiro atoms. The fourth-order valence-electron chi connectivity index (χ4n) is 3.35. The molecule has 3 rings (SSSR count). The van der Waals surface area contributed by atoms with Crippen LogP contribution >= 0.6 is 0 Å². The highest BCUT2D eigenvalue weighted by atomic mass is 32.2. The molecule has 140 valence electrons. The van der Waals surface area contributed by atoms with E-state index in [1.54, 1.807) is 19.2 Å². The summed E-state index contributed by atoms with van der Waals surface area (Å²) in [5.74, 6) is 0.785. The lowest BCUT2D eigenvalue weighted by molar-refractivity contribution is 0.246. The molecule has 5 nitrogen and oxygen atoms in total. The summed E-state index contributed by atoms with van der Waals surface area (Å²) in [5, 5.41) is 0. The molecule has 0 aromatic heterocycles. The summed E-state index contributed by atoms with van der Waals surface area (Å²) in [4.78, 5) is 2.64. The lowest BCUT2D eigenvalue weighted by Crippen LogP contribution is -2.36. The van der Waals surface area contributed by atoms with Crippen LogP contribution in [0.15, 0.2) is 53.4 Å². The number of ether oxygens (including phenoxy) is 1. The Labute approximate surface area is 156 Å². The van der Waals surface area contributed by atoms with Crippen molar-refractivity contribution in [2.45, 2.75) is 30.7 Å². The minimum Gasteiger partial charge on any atom is -0.497 e. The molecule has 1 aliphatic heterocycles. The molecule has 1 unspecified atom stereocenters. The van der Waals surface area contributed by atoms with E-state index in [0.29, 0.717) is 11.4 Å². The van der Waals surface area contributed by atoms with E-state index in [0.717, 1.165) is 42.8 Å². The van der Waals surface area contributed by atoms with Crippen molar-refractivity contribution in [3.8, 4) is 5.75 Å². The lowest BCUT2D eigenvalue weighted by atomic mass is 10.1. The van der Waals surface area contributed by atoms with E-state index in [4.69, 9.17) is 4.74 Å². The van der Waals surface area contributed by atoms with Crippen molar-refractivity contribution < 1.29 is 13.2 Å². The number of likely N-dealkylation sites (tertiary alicyclic amines) is 1. The number of rotatable bonds is 7. The Morgan fingerprint density at radius 3 is 2.46 bits per heavy atom. The first-order chi connectivity index (χ1) is 12.5. The second-order valence-corrected chi connectivity index (χ2v) is 8.47. The fourth-order valence-corrected chi connectivity index (χ4v) is 4.39. The van der Waals surface area contributed by atoms with Crippen LogP contribution in [-0.4, -0.2) is 40.1 Å². The van der Waals surface area contributed by atoms with Gasteiger partial charge < -0.3 is 4.74 Å². The van der Waals surface area contributed by atoms with Crippen molar-refractivity contribution in [2.24, 2.45) is 0 Å². The molecule has 6 heteroatoms. The molecule has 1 fully saturated rings. The van der Waals surface area contributed by atoms with Gasteiger partial charge in [-0.1, -0.05) is 29.8 Å². The van der Waals surface area contributed by atoms with Gasteiger partial charge in [0.25, 0.3) is 0 Å². The number of hydrogen-bond donors (Lipinski definition) is 1. The number of sulfonamides is 1. The van der Waals surface area contributed by atoms with Crippen LogP contribution < -0.4 is 9.46 Å². The third kappa shape index (κ3) is 4.44. The average molecular weight is 375 g/mol. The van der Waals surface area contributed by atoms with Crippen molar-refractivity contribution >= 4 is 10.0 Å². The highest BCUT2D eigenvalue weighted by molar-refractivity contribution is 7.89. The maximum atomic E-state index is 12.7. The molecule has 1 N–H and O–H groups in total. The normalized spacial score (nSPS) is 16.5. The van der Waals surface area contributed by atoms with Gasteiger partial charge >= 0.3 is 0 Å². The zero-order valence-electron chi connectivity index (χ0n) is 15.3. The third-order valence-electron chi connectivity index (χ3n) is 4.86. The van der Waals surface area contributed by atoms with Crippen molar-refractivity contribution in [3.63, 3.8) is 0 Å². The first kappa shape index (κ1) is 18.9. The lowest BCUT2D eigenvalue weighted by Gasteiger charge is -2.28. The molecule has 26 heavy (non-hydrogen) atoms. The monoisotopic (exact) mass is 374 g/mol. The van der Waals surface area contributed by atoms with Crippen LogP contribution in [0.2, 0.25) is 0 Å². The number of aryl methyl sites for hydroxylation is 1. The molecule has 1 saturated heterocycles. The van der Waals surface area contributed by atoms with Gasteiger partial charge in [0.2, 0.25) is 10.0 Å². The molecule has 0 bridgehead atoms. The van der Waals surface area contributed by atoms with Gasteiger partial charge in [-0.15, -0.1) is 0 Å². The molecule has 2 aromatic rings. The van der Waals surface area contributed by atoms with Crippen LogP contribution in [0, 0.1) is 6.92 Å². The molecular formula is C20H26N2O3S. The first-order valence-electron chi connectivity index (χ1n) is 8.94. The van der Waals surface area contributed by atoms with Gasteiger partial charge in [0.1, 0.15) is 5.75 Å². The van der Waals surface area contributed by atoms with Gasteiger partial charge in [-0.25, -0.2) is 13.1 Å². The molecule has 1 heterocycles. The largest absolute Gasteiger partial charge is 0.497 e. The quantitative estimate of drug-likeness (QED) is 0.809. The number of nitrogens with zero attached hydrogens (tertiary/aromatic N) is 1. The minimum absolute atomic E-state index is 0.00665. The Hall–Kier alpha value is -1.89. The molecule has 0 saturated carbocycles. The maximum Gasteiger partial charge on any atom is 0.240 e. The molecule has 0 aliphatic carbocycles. The van der Waals surface area contributed by atoms with Crippen molar-refractivity contribution in [1.82, 2.24) is 9.62 Å². The molecule has 1 aliphatic rings. The Morgan fingerprint density at radius 2 is 1.81 bits per heavy atom. The Kier molecular flexibility index (Phi) is 5.96. The van der Waals surface area contributed by atoms with Gasteiger partial charge in [0, 0.05) is 12.6 Å². The highest BCUT2D eigenvalue weighted by Crippen LogP contribution is 2.27. The zero-order chi connectivity index (χ0) is 18.6. The van der Waals surface area contributed by atoms with Crippen molar-refractivity contribution in [3.05, 3.63) is 59.7 Å². The van der Waals surface area contributed by atoms with Gasteiger partial charge in [0.05, 0.1) is 12.0 Å². The Morgan fingerprint density at radius 1 is 1.12 bits per heavy atom. The number of hydrogen-bond acceptors (Lipinski definition) is 4. The molecule has 1 atom stereocenters. The number of methoxy groups -OCH3 is 1. The highest BCUT2D eigenvalue weighted by Gasteiger charge is 2.26. The van der Waals surface area contributed by atoms with Gasteiger partial charge in [-0.3, -0.25) is 4.90 Å². The summed E-state index contributed by atoms with van der Waals surface area (Å²) in [6, 6.07) is 14.8. The van der Waals surface area contributed by atoms with E-state index in [1.807, 2.05) is 43.3 Å². The van der Waals surface area contributed by atoms with Gasteiger partial charge in [0.15, 0.2) is 0 Å². The average Bonchev–Trinajstić information content (AvgIpc) is 3.17. The Balaban J connectivity index is 1.80. The molecular weight excluding hydrogens is 348 g/mol. The maximum absolute atomic E-state index is 12.7. The van der Waals surface area contributed by atoms with Crippen LogP contribution in [0.3, 0.4) is 0 Å². The predicted molar refractivity (Wildman–Crippen MR) is 103 cm³/mol. The third-order valence-corrected chi connectivity index (χ3v) is 6.30. The van der Waals surface area contributed by atoms with E-state index >= 15 is 0 Å². The van der Waals surface area contributed by atoms with Crippen LogP contribution in [-0.2, 0) is 10.0 Å². The van der Waals surface area contributed by atoms with Crippen LogP contribution in [0.1, 0.15) is 30.0 Å². The van der Waals surface area contributed by atoms with E-state index < -0.39 is 10.0 Å². The van der Waals surface area contributed by atoms with Crippen molar-refractivity contribution in [1.29, 1.82) is 0 Å². The molecule has 2 aromatic carbocycles. The SMILES string of the molecule is COc1cccc(C(CNS(=O)(=O)c2ccc(C)cc2)N2CCCC2)c1. The Bertz CT molecular complexity index is 828. The first-order valence-corrected chi connectivity index (χ1v) is 10.4. The predicted octanol–water partition coefficient (Wildman–Crippen LogP) is 3.12. The van der Waals surface area contributed by atoms with Gasteiger partial charge in [-0.2, -0.15) is 0 Å². The van der Waals surface area contributed by atoms with Crippen molar-refractivity contribution in [2.75, 3.05) is 26.7 Å². The van der Waals surface area contributed by atoms with Crippen LogP contribution in [0.25, 0.3) is 0 Å². The van der Waals surface area contributed by atoms with E-state index in [-0.39, 0.29) is 6.04 Å². The standard InChI is InChI=1S/C20H26N2O3S/c1-16-8-10-19(11-9-16)26(23,24)21-15-20(22-12-3-4-13-22)17-6-5-7-18(14-17)25-2/h5-11,14,20-21H,3-4,12-13,15H2,1-2H3. The fraction of sp³-hybridized carbons (Fsp3) is 0.400. The van der Waals surface area contributed by atoms with E-state index in [1.165, 1.54) is 0 Å². The summed E-state index contributed by atoms with van der Waals surface area (Å²) < 4.78 is 33.5. The summed E-state index contributed by atoms with van der Waals surface area (Å²) in [5.41, 5.74) is 2.10. The topological polar surface area (TPSA) is 58.6 Å². The minimum atomic E-state index is -3.53. The van der Waals surface area contributed by atoms with Crippen LogP contribution in [0.4, 0.5) is 0 Å². The number of benzene rings is 2. The summed E-state index contributed by atoms with van der Waals surface area (Å²) in [6.07, 6.45) is 2.29. The van der Waals surface area contributed by atoms with E-state index in [9.17, 15) is 8.42 Å². The summed E-state index contributed by atoms with van der Waals surface area (Å²) in [6.45, 7) is 4.24.